The van der Waals surface area contributed by atoms with Gasteiger partial charge in [-0.3, -0.25) is 4.79 Å². The van der Waals surface area contributed by atoms with Crippen LogP contribution in [-0.2, 0) is 14.3 Å². The number of nitrogens with one attached hydrogen (secondary N) is 1. The molecule has 0 aromatic heterocycles. The van der Waals surface area contributed by atoms with Crippen LogP contribution >= 0.6 is 0 Å². The van der Waals surface area contributed by atoms with Crippen LogP contribution in [0.15, 0.2) is 24.3 Å². The van der Waals surface area contributed by atoms with Crippen molar-refractivity contribution in [3.8, 4) is 5.75 Å². The van der Waals surface area contributed by atoms with Crippen molar-refractivity contribution < 1.29 is 19.0 Å². The van der Waals surface area contributed by atoms with Crippen LogP contribution in [0.1, 0.15) is 38.2 Å². The van der Waals surface area contributed by atoms with Gasteiger partial charge in [0.1, 0.15) is 5.75 Å². The molecule has 0 aliphatic carbocycles. The van der Waals surface area contributed by atoms with E-state index in [4.69, 9.17) is 14.2 Å². The molecule has 1 aromatic carbocycles. The second-order valence-electron chi connectivity index (χ2n) is 5.81. The molecular weight excluding hydrogens is 282 g/mol. The highest BCUT2D eigenvalue weighted by Crippen LogP contribution is 2.23. The van der Waals surface area contributed by atoms with Crippen LogP contribution in [0.5, 0.6) is 5.75 Å². The summed E-state index contributed by atoms with van der Waals surface area (Å²) in [6.45, 7) is 5.76. The number of hydrogen-bond acceptors (Lipinski definition) is 4. The molecule has 1 aliphatic rings. The molecule has 0 bridgehead atoms. The standard InChI is InChI=1S/C17H25NO4/c1-13(14-4-6-15(20-3)7-5-14)12-16(19)18-9-8-17(2)21-10-11-22-17/h4-7,13H,8-12H2,1-3H3,(H,18,19). The lowest BCUT2D eigenvalue weighted by Crippen LogP contribution is -2.33. The Kier molecular flexibility index (Phi) is 5.80. The van der Waals surface area contributed by atoms with E-state index in [9.17, 15) is 4.79 Å². The monoisotopic (exact) mass is 307 g/mol. The molecule has 1 heterocycles. The number of ether oxygens (including phenoxy) is 3. The van der Waals surface area contributed by atoms with Gasteiger partial charge in [0.2, 0.25) is 5.91 Å². The van der Waals surface area contributed by atoms with E-state index < -0.39 is 5.79 Å². The number of methoxy groups -OCH3 is 1. The minimum absolute atomic E-state index is 0.0462. The van der Waals surface area contributed by atoms with E-state index >= 15 is 0 Å². The highest BCUT2D eigenvalue weighted by atomic mass is 16.7. The van der Waals surface area contributed by atoms with Crippen molar-refractivity contribution in [2.24, 2.45) is 0 Å². The maximum Gasteiger partial charge on any atom is 0.220 e. The minimum Gasteiger partial charge on any atom is -0.497 e. The second-order valence-corrected chi connectivity index (χ2v) is 5.81. The summed E-state index contributed by atoms with van der Waals surface area (Å²) in [5, 5.41) is 2.93. The third-order valence-corrected chi connectivity index (χ3v) is 3.98. The van der Waals surface area contributed by atoms with Crippen LogP contribution in [-0.4, -0.2) is 38.6 Å². The molecule has 5 nitrogen and oxygen atoms in total. The largest absolute Gasteiger partial charge is 0.497 e. The van der Waals surface area contributed by atoms with Gasteiger partial charge in [-0.1, -0.05) is 19.1 Å². The summed E-state index contributed by atoms with van der Waals surface area (Å²) in [5.74, 6) is 0.491. The van der Waals surface area contributed by atoms with Crippen molar-refractivity contribution in [2.45, 2.75) is 38.4 Å². The van der Waals surface area contributed by atoms with Crippen LogP contribution in [0.25, 0.3) is 0 Å². The molecule has 1 aliphatic heterocycles. The zero-order valence-electron chi connectivity index (χ0n) is 13.6. The van der Waals surface area contributed by atoms with Gasteiger partial charge in [0.25, 0.3) is 0 Å². The SMILES string of the molecule is COc1ccc(C(C)CC(=O)NCCC2(C)OCCO2)cc1. The number of carbonyl (C=O) groups is 1. The molecule has 5 heteroatoms. The molecule has 1 amide bonds. The normalized spacial score (nSPS) is 18.0. The Balaban J connectivity index is 1.73. The van der Waals surface area contributed by atoms with Crippen molar-refractivity contribution in [3.05, 3.63) is 29.8 Å². The van der Waals surface area contributed by atoms with Gasteiger partial charge in [-0.15, -0.1) is 0 Å². The van der Waals surface area contributed by atoms with E-state index in [1.807, 2.05) is 38.1 Å². The van der Waals surface area contributed by atoms with Crippen molar-refractivity contribution in [2.75, 3.05) is 26.9 Å². The third kappa shape index (κ3) is 4.71. The summed E-state index contributed by atoms with van der Waals surface area (Å²) in [7, 11) is 1.64. The van der Waals surface area contributed by atoms with E-state index in [1.165, 1.54) is 0 Å². The van der Waals surface area contributed by atoms with Crippen molar-refractivity contribution in [3.63, 3.8) is 0 Å². The number of benzene rings is 1. The molecule has 1 atom stereocenters. The lowest BCUT2D eigenvalue weighted by molar-refractivity contribution is -0.146. The molecule has 0 saturated carbocycles. The summed E-state index contributed by atoms with van der Waals surface area (Å²) >= 11 is 0. The highest BCUT2D eigenvalue weighted by molar-refractivity contribution is 5.76. The Hall–Kier alpha value is -1.59. The fraction of sp³-hybridized carbons (Fsp3) is 0.588. The van der Waals surface area contributed by atoms with E-state index in [0.29, 0.717) is 32.6 Å². The lowest BCUT2D eigenvalue weighted by Gasteiger charge is -2.22. The summed E-state index contributed by atoms with van der Waals surface area (Å²) in [5.41, 5.74) is 1.13. The Bertz CT molecular complexity index is 480. The molecule has 1 N–H and O–H groups in total. The average Bonchev–Trinajstić information content (AvgIpc) is 2.94. The summed E-state index contributed by atoms with van der Waals surface area (Å²) in [4.78, 5) is 12.0. The van der Waals surface area contributed by atoms with Gasteiger partial charge in [0.05, 0.1) is 20.3 Å². The predicted octanol–water partition coefficient (Wildman–Crippen LogP) is 2.46. The van der Waals surface area contributed by atoms with Crippen LogP contribution in [0.2, 0.25) is 0 Å². The number of carbonyl (C=O) groups excluding carboxylic acids is 1. The number of hydrogen-bond donors (Lipinski definition) is 1. The molecular formula is C17H25NO4. The second kappa shape index (κ2) is 7.61. The van der Waals surface area contributed by atoms with E-state index in [0.717, 1.165) is 11.3 Å². The van der Waals surface area contributed by atoms with Crippen LogP contribution < -0.4 is 10.1 Å². The molecule has 22 heavy (non-hydrogen) atoms. The zero-order valence-corrected chi connectivity index (χ0v) is 13.6. The third-order valence-electron chi connectivity index (χ3n) is 3.98. The Morgan fingerprint density at radius 2 is 1.95 bits per heavy atom. The topological polar surface area (TPSA) is 56.8 Å². The van der Waals surface area contributed by atoms with Gasteiger partial charge in [0, 0.05) is 19.4 Å². The fourth-order valence-corrected chi connectivity index (χ4v) is 2.53. The van der Waals surface area contributed by atoms with Gasteiger partial charge in [-0.25, -0.2) is 0 Å². The average molecular weight is 307 g/mol. The Morgan fingerprint density at radius 3 is 2.55 bits per heavy atom. The maximum atomic E-state index is 12.0. The number of rotatable bonds is 7. The first-order valence-corrected chi connectivity index (χ1v) is 7.71. The summed E-state index contributed by atoms with van der Waals surface area (Å²) < 4.78 is 16.2. The molecule has 2 rings (SSSR count). The van der Waals surface area contributed by atoms with Gasteiger partial charge in [-0.05, 0) is 30.5 Å². The summed E-state index contributed by atoms with van der Waals surface area (Å²) in [6, 6.07) is 7.83. The maximum absolute atomic E-state index is 12.0. The van der Waals surface area contributed by atoms with E-state index in [-0.39, 0.29) is 11.8 Å². The van der Waals surface area contributed by atoms with Gasteiger partial charge < -0.3 is 19.5 Å². The van der Waals surface area contributed by atoms with Gasteiger partial charge >= 0.3 is 0 Å². The molecule has 122 valence electrons. The van der Waals surface area contributed by atoms with Crippen LogP contribution in [0, 0.1) is 0 Å². The Morgan fingerprint density at radius 1 is 1.32 bits per heavy atom. The van der Waals surface area contributed by atoms with E-state index in [2.05, 4.69) is 5.32 Å². The van der Waals surface area contributed by atoms with Crippen LogP contribution in [0.4, 0.5) is 0 Å². The first-order chi connectivity index (χ1) is 10.5. The van der Waals surface area contributed by atoms with Crippen molar-refractivity contribution in [1.29, 1.82) is 0 Å². The van der Waals surface area contributed by atoms with Gasteiger partial charge in [-0.2, -0.15) is 0 Å². The number of amides is 1. The fourth-order valence-electron chi connectivity index (χ4n) is 2.53. The first kappa shape index (κ1) is 16.8. The quantitative estimate of drug-likeness (QED) is 0.840. The molecule has 1 unspecified atom stereocenters. The molecule has 0 radical (unpaired) electrons. The van der Waals surface area contributed by atoms with Crippen molar-refractivity contribution in [1.82, 2.24) is 5.32 Å². The summed E-state index contributed by atoms with van der Waals surface area (Å²) in [6.07, 6.45) is 1.13. The highest BCUT2D eigenvalue weighted by Gasteiger charge is 2.30. The lowest BCUT2D eigenvalue weighted by atomic mass is 9.97. The first-order valence-electron chi connectivity index (χ1n) is 7.71. The zero-order chi connectivity index (χ0) is 16.0. The minimum atomic E-state index is -0.547. The predicted molar refractivity (Wildman–Crippen MR) is 84.0 cm³/mol. The van der Waals surface area contributed by atoms with E-state index in [1.54, 1.807) is 7.11 Å². The molecule has 0 spiro atoms. The van der Waals surface area contributed by atoms with Crippen LogP contribution in [0.3, 0.4) is 0 Å². The van der Waals surface area contributed by atoms with Crippen molar-refractivity contribution >= 4 is 5.91 Å². The molecule has 1 aromatic rings. The molecule has 1 saturated heterocycles. The molecule has 1 fully saturated rings. The Labute approximate surface area is 131 Å². The smallest absolute Gasteiger partial charge is 0.220 e. The van der Waals surface area contributed by atoms with Gasteiger partial charge in [0.15, 0.2) is 5.79 Å².